The van der Waals surface area contributed by atoms with Crippen LogP contribution < -0.4 is 0 Å². The smallest absolute Gasteiger partial charge is 0.416 e. The van der Waals surface area contributed by atoms with Crippen LogP contribution in [0.5, 0.6) is 0 Å². The molecule has 0 aliphatic rings. The summed E-state index contributed by atoms with van der Waals surface area (Å²) in [6, 6.07) is 1.28. The molecule has 0 spiro atoms. The van der Waals surface area contributed by atoms with Gasteiger partial charge in [-0.2, -0.15) is 26.3 Å². The van der Waals surface area contributed by atoms with Crippen molar-refractivity contribution in [1.29, 1.82) is 0 Å². The van der Waals surface area contributed by atoms with Gasteiger partial charge in [0.2, 0.25) is 0 Å². The summed E-state index contributed by atoms with van der Waals surface area (Å²) >= 11 is 0. The highest BCUT2D eigenvalue weighted by Crippen LogP contribution is 2.41. The lowest BCUT2D eigenvalue weighted by Gasteiger charge is -2.20. The van der Waals surface area contributed by atoms with Crippen LogP contribution >= 0.6 is 0 Å². The fourth-order valence-electron chi connectivity index (χ4n) is 1.97. The van der Waals surface area contributed by atoms with Crippen molar-refractivity contribution in [2.75, 3.05) is 6.61 Å². The number of esters is 1. The average Bonchev–Trinajstić information content (AvgIpc) is 2.25. The summed E-state index contributed by atoms with van der Waals surface area (Å²) in [7, 11) is 0. The van der Waals surface area contributed by atoms with Crippen LogP contribution in [0.25, 0.3) is 0 Å². The van der Waals surface area contributed by atoms with Crippen LogP contribution in [0.4, 0.5) is 26.3 Å². The van der Waals surface area contributed by atoms with E-state index in [0.717, 1.165) is 13.0 Å². The number of ether oxygens (including phenoxy) is 1. The van der Waals surface area contributed by atoms with Crippen molar-refractivity contribution in [3.63, 3.8) is 0 Å². The first-order valence-corrected chi connectivity index (χ1v) is 5.91. The Morgan fingerprint density at radius 1 is 1.10 bits per heavy atom. The zero-order valence-corrected chi connectivity index (χ0v) is 11.2. The number of hydrogen-bond acceptors (Lipinski definition) is 2. The molecule has 0 amide bonds. The van der Waals surface area contributed by atoms with Crippen molar-refractivity contribution in [2.45, 2.75) is 32.6 Å². The highest BCUT2D eigenvalue weighted by atomic mass is 19.4. The fraction of sp³-hybridized carbons (Fsp3) is 0.462. The number of halogens is 6. The summed E-state index contributed by atoms with van der Waals surface area (Å²) < 4.78 is 82.0. The Balaban J connectivity index is 3.52. The Bertz CT molecular complexity index is 531. The number of rotatable bonds is 3. The van der Waals surface area contributed by atoms with Crippen LogP contribution in [0.3, 0.4) is 0 Å². The van der Waals surface area contributed by atoms with Gasteiger partial charge in [-0.25, -0.2) is 0 Å². The molecule has 2 nitrogen and oxygen atoms in total. The Morgan fingerprint density at radius 2 is 1.67 bits per heavy atom. The summed E-state index contributed by atoms with van der Waals surface area (Å²) in [6.07, 6.45) is -11.1. The molecule has 0 saturated carbocycles. The number of alkyl halides is 6. The maximum Gasteiger partial charge on any atom is 0.416 e. The fourth-order valence-corrected chi connectivity index (χ4v) is 1.97. The minimum Gasteiger partial charge on any atom is -0.466 e. The van der Waals surface area contributed by atoms with E-state index in [1.165, 1.54) is 6.92 Å². The minimum atomic E-state index is -4.99. The van der Waals surface area contributed by atoms with E-state index in [2.05, 4.69) is 4.74 Å². The molecule has 0 unspecified atom stereocenters. The summed E-state index contributed by atoms with van der Waals surface area (Å²) in [5.74, 6) is -1.14. The van der Waals surface area contributed by atoms with Gasteiger partial charge in [-0.1, -0.05) is 6.07 Å². The molecule has 1 aromatic rings. The van der Waals surface area contributed by atoms with Crippen LogP contribution in [-0.4, -0.2) is 12.6 Å². The lowest BCUT2D eigenvalue weighted by molar-refractivity contribution is -0.146. The highest BCUT2D eigenvalue weighted by molar-refractivity contribution is 5.74. The van der Waals surface area contributed by atoms with E-state index in [9.17, 15) is 31.1 Å². The zero-order chi connectivity index (χ0) is 16.4. The number of hydrogen-bond donors (Lipinski definition) is 0. The third-order valence-corrected chi connectivity index (χ3v) is 2.74. The van der Waals surface area contributed by atoms with Gasteiger partial charge in [0.05, 0.1) is 24.2 Å². The second kappa shape index (κ2) is 5.95. The van der Waals surface area contributed by atoms with Crippen molar-refractivity contribution in [3.8, 4) is 0 Å². The van der Waals surface area contributed by atoms with Gasteiger partial charge in [-0.05, 0) is 31.0 Å². The van der Waals surface area contributed by atoms with E-state index in [0.29, 0.717) is 6.07 Å². The molecule has 8 heteroatoms. The Kier molecular flexibility index (Phi) is 4.91. The molecule has 0 fully saturated rings. The first kappa shape index (κ1) is 17.3. The molecule has 0 aliphatic carbocycles. The topological polar surface area (TPSA) is 26.3 Å². The minimum absolute atomic E-state index is 0.132. The van der Waals surface area contributed by atoms with Crippen molar-refractivity contribution in [3.05, 3.63) is 34.4 Å². The van der Waals surface area contributed by atoms with E-state index in [4.69, 9.17) is 0 Å². The first-order valence-electron chi connectivity index (χ1n) is 5.91. The van der Waals surface area contributed by atoms with E-state index in [-0.39, 0.29) is 12.2 Å². The lowest BCUT2D eigenvalue weighted by atomic mass is 9.93. The van der Waals surface area contributed by atoms with Gasteiger partial charge >= 0.3 is 18.3 Å². The Morgan fingerprint density at radius 3 is 2.10 bits per heavy atom. The summed E-state index contributed by atoms with van der Waals surface area (Å²) in [6.45, 7) is 2.31. The van der Waals surface area contributed by atoms with Crippen molar-refractivity contribution < 1.29 is 35.9 Å². The second-order valence-corrected chi connectivity index (χ2v) is 4.26. The third kappa shape index (κ3) is 4.12. The molecule has 21 heavy (non-hydrogen) atoms. The SMILES string of the molecule is CCOC(=O)Cc1c(C(F)(F)F)ccc(C)c1C(F)(F)F. The largest absolute Gasteiger partial charge is 0.466 e. The van der Waals surface area contributed by atoms with Crippen LogP contribution in [0, 0.1) is 6.92 Å². The van der Waals surface area contributed by atoms with E-state index in [1.807, 2.05) is 0 Å². The molecule has 0 aliphatic heterocycles. The molecule has 0 N–H and O–H groups in total. The highest BCUT2D eigenvalue weighted by Gasteiger charge is 2.42. The van der Waals surface area contributed by atoms with Gasteiger partial charge in [0.25, 0.3) is 0 Å². The summed E-state index contributed by atoms with van der Waals surface area (Å²) in [4.78, 5) is 11.3. The predicted molar refractivity (Wildman–Crippen MR) is 61.5 cm³/mol. The van der Waals surface area contributed by atoms with E-state index >= 15 is 0 Å². The number of aryl methyl sites for hydroxylation is 1. The molecule has 1 aromatic carbocycles. The van der Waals surface area contributed by atoms with Gasteiger partial charge in [0.1, 0.15) is 0 Å². The molecule has 0 aromatic heterocycles. The predicted octanol–water partition coefficient (Wildman–Crippen LogP) is 4.14. The molecule has 0 heterocycles. The standard InChI is InChI=1S/C13H12F6O2/c1-3-21-10(20)6-8-9(12(14,15)16)5-4-7(2)11(8)13(17,18)19/h4-5H,3,6H2,1-2H3. The number of carbonyl (C=O) groups is 1. The van der Waals surface area contributed by atoms with Crippen LogP contribution in [0.15, 0.2) is 12.1 Å². The Labute approximate surface area is 116 Å². The summed E-state index contributed by atoms with van der Waals surface area (Å²) in [5, 5.41) is 0. The van der Waals surface area contributed by atoms with Crippen LogP contribution in [-0.2, 0) is 28.3 Å². The molecular weight excluding hydrogens is 302 g/mol. The molecule has 1 rings (SSSR count). The number of benzene rings is 1. The van der Waals surface area contributed by atoms with Crippen LogP contribution in [0.1, 0.15) is 29.2 Å². The molecule has 0 saturated heterocycles. The second-order valence-electron chi connectivity index (χ2n) is 4.26. The molecule has 0 atom stereocenters. The lowest BCUT2D eigenvalue weighted by Crippen LogP contribution is -2.21. The van der Waals surface area contributed by atoms with Crippen molar-refractivity contribution in [1.82, 2.24) is 0 Å². The van der Waals surface area contributed by atoms with Gasteiger partial charge in [-0.3, -0.25) is 4.79 Å². The summed E-state index contributed by atoms with van der Waals surface area (Å²) in [5.41, 5.74) is -4.40. The third-order valence-electron chi connectivity index (χ3n) is 2.74. The zero-order valence-electron chi connectivity index (χ0n) is 11.2. The van der Waals surface area contributed by atoms with Crippen molar-refractivity contribution >= 4 is 5.97 Å². The van der Waals surface area contributed by atoms with Gasteiger partial charge in [-0.15, -0.1) is 0 Å². The van der Waals surface area contributed by atoms with E-state index in [1.54, 1.807) is 0 Å². The van der Waals surface area contributed by atoms with E-state index < -0.39 is 41.4 Å². The van der Waals surface area contributed by atoms with Gasteiger partial charge < -0.3 is 4.74 Å². The Hall–Kier alpha value is -1.73. The molecular formula is C13H12F6O2. The molecule has 0 bridgehead atoms. The monoisotopic (exact) mass is 314 g/mol. The molecule has 118 valence electrons. The van der Waals surface area contributed by atoms with Gasteiger partial charge in [0, 0.05) is 0 Å². The molecule has 0 radical (unpaired) electrons. The van der Waals surface area contributed by atoms with Crippen LogP contribution in [0.2, 0.25) is 0 Å². The average molecular weight is 314 g/mol. The maximum absolute atomic E-state index is 13.0. The van der Waals surface area contributed by atoms with Gasteiger partial charge in [0.15, 0.2) is 0 Å². The number of carbonyl (C=O) groups excluding carboxylic acids is 1. The van der Waals surface area contributed by atoms with Crippen molar-refractivity contribution in [2.24, 2.45) is 0 Å². The quantitative estimate of drug-likeness (QED) is 0.619. The normalized spacial score (nSPS) is 12.4. The first-order chi connectivity index (χ1) is 9.48. The maximum atomic E-state index is 13.0.